The normalized spacial score (nSPS) is 10.1. The van der Waals surface area contributed by atoms with E-state index in [1.807, 2.05) is 32.0 Å². The van der Waals surface area contributed by atoms with Crippen LogP contribution in [-0.2, 0) is 0 Å². The number of halogens is 2. The lowest BCUT2D eigenvalue weighted by atomic mass is 10.1. The van der Waals surface area contributed by atoms with Gasteiger partial charge in [0.15, 0.2) is 0 Å². The van der Waals surface area contributed by atoms with Gasteiger partial charge in [-0.05, 0) is 55.3 Å². The van der Waals surface area contributed by atoms with Gasteiger partial charge in [-0.15, -0.1) is 0 Å². The number of nitriles is 1. The van der Waals surface area contributed by atoms with Crippen LogP contribution in [0.5, 0.6) is 11.5 Å². The predicted molar refractivity (Wildman–Crippen MR) is 79.9 cm³/mol. The summed E-state index contributed by atoms with van der Waals surface area (Å²) < 4.78 is 6.69. The van der Waals surface area contributed by atoms with E-state index < -0.39 is 0 Å². The maximum absolute atomic E-state index is 8.95. The largest absolute Gasteiger partial charge is 0.457 e. The summed E-state index contributed by atoms with van der Waals surface area (Å²) in [4.78, 5) is 0. The Morgan fingerprint density at radius 3 is 2.32 bits per heavy atom. The van der Waals surface area contributed by atoms with Crippen molar-refractivity contribution >= 4 is 27.5 Å². The van der Waals surface area contributed by atoms with Crippen molar-refractivity contribution in [3.05, 3.63) is 56.5 Å². The zero-order chi connectivity index (χ0) is 14.0. The highest BCUT2D eigenvalue weighted by Crippen LogP contribution is 2.32. The number of aryl methyl sites for hydroxylation is 2. The fourth-order valence-electron chi connectivity index (χ4n) is 1.86. The van der Waals surface area contributed by atoms with Gasteiger partial charge in [-0.25, -0.2) is 0 Å². The van der Waals surface area contributed by atoms with Crippen LogP contribution in [0.1, 0.15) is 16.7 Å². The molecule has 0 aromatic heterocycles. The van der Waals surface area contributed by atoms with Crippen molar-refractivity contribution in [1.29, 1.82) is 5.26 Å². The first-order chi connectivity index (χ1) is 8.99. The number of hydrogen-bond acceptors (Lipinski definition) is 2. The van der Waals surface area contributed by atoms with Crippen LogP contribution in [0.25, 0.3) is 0 Å². The van der Waals surface area contributed by atoms with Gasteiger partial charge in [0, 0.05) is 9.50 Å². The second kappa shape index (κ2) is 5.64. The summed E-state index contributed by atoms with van der Waals surface area (Å²) in [6.45, 7) is 3.88. The molecular weight excluding hydrogens is 326 g/mol. The van der Waals surface area contributed by atoms with E-state index in [1.165, 1.54) is 0 Å². The molecule has 0 aliphatic carbocycles. The van der Waals surface area contributed by atoms with Crippen LogP contribution in [0.15, 0.2) is 34.8 Å². The molecule has 0 bridgehead atoms. The van der Waals surface area contributed by atoms with Crippen LogP contribution in [0.2, 0.25) is 5.02 Å². The monoisotopic (exact) mass is 335 g/mol. The van der Waals surface area contributed by atoms with Crippen LogP contribution < -0.4 is 4.74 Å². The number of hydrogen-bond donors (Lipinski definition) is 0. The molecule has 4 heteroatoms. The van der Waals surface area contributed by atoms with Crippen LogP contribution in [-0.4, -0.2) is 0 Å². The second-order valence-electron chi connectivity index (χ2n) is 4.26. The van der Waals surface area contributed by atoms with E-state index in [9.17, 15) is 0 Å². The standard InChI is InChI=1S/C15H11BrClNO/c1-9-3-13(17)4-10(2)15(9)19-14-6-11(8-18)5-12(16)7-14/h3-7H,1-2H3. The van der Waals surface area contributed by atoms with Crippen molar-refractivity contribution in [3.63, 3.8) is 0 Å². The summed E-state index contributed by atoms with van der Waals surface area (Å²) in [5, 5.41) is 9.64. The molecule has 0 radical (unpaired) electrons. The average Bonchev–Trinajstić information content (AvgIpc) is 2.33. The molecule has 2 aromatic carbocycles. The van der Waals surface area contributed by atoms with Gasteiger partial charge < -0.3 is 4.74 Å². The quantitative estimate of drug-likeness (QED) is 0.737. The van der Waals surface area contributed by atoms with E-state index in [-0.39, 0.29) is 0 Å². The van der Waals surface area contributed by atoms with Gasteiger partial charge in [0.1, 0.15) is 11.5 Å². The fraction of sp³-hybridized carbons (Fsp3) is 0.133. The minimum atomic E-state index is 0.550. The third-order valence-corrected chi connectivity index (χ3v) is 3.32. The molecule has 0 atom stereocenters. The Labute approximate surface area is 125 Å². The molecule has 0 aliphatic rings. The first kappa shape index (κ1) is 13.9. The molecule has 0 fully saturated rings. The van der Waals surface area contributed by atoms with E-state index in [2.05, 4.69) is 22.0 Å². The van der Waals surface area contributed by atoms with Crippen molar-refractivity contribution in [2.24, 2.45) is 0 Å². The van der Waals surface area contributed by atoms with Crippen molar-refractivity contribution < 1.29 is 4.74 Å². The molecule has 19 heavy (non-hydrogen) atoms. The van der Waals surface area contributed by atoms with Gasteiger partial charge in [-0.3, -0.25) is 0 Å². The molecule has 0 N–H and O–H groups in total. The lowest BCUT2D eigenvalue weighted by Gasteiger charge is -2.12. The molecule has 0 unspecified atom stereocenters. The van der Waals surface area contributed by atoms with Gasteiger partial charge >= 0.3 is 0 Å². The van der Waals surface area contributed by atoms with Crippen LogP contribution in [0, 0.1) is 25.2 Å². The smallest absolute Gasteiger partial charge is 0.133 e. The third kappa shape index (κ3) is 3.28. The molecular formula is C15H11BrClNO. The number of rotatable bonds is 2. The van der Waals surface area contributed by atoms with Crippen LogP contribution >= 0.6 is 27.5 Å². The maximum atomic E-state index is 8.95. The number of benzene rings is 2. The number of ether oxygens (including phenoxy) is 1. The summed E-state index contributed by atoms with van der Waals surface area (Å²) in [5.41, 5.74) is 2.47. The van der Waals surface area contributed by atoms with Gasteiger partial charge in [0.25, 0.3) is 0 Å². The Hall–Kier alpha value is -1.50. The molecule has 0 amide bonds. The van der Waals surface area contributed by atoms with E-state index in [1.54, 1.807) is 12.1 Å². The zero-order valence-corrected chi connectivity index (χ0v) is 12.8. The van der Waals surface area contributed by atoms with E-state index >= 15 is 0 Å². The minimum absolute atomic E-state index is 0.550. The van der Waals surface area contributed by atoms with E-state index in [0.717, 1.165) is 21.3 Å². The first-order valence-corrected chi connectivity index (χ1v) is 6.82. The lowest BCUT2D eigenvalue weighted by molar-refractivity contribution is 0.474. The highest BCUT2D eigenvalue weighted by molar-refractivity contribution is 9.10. The van der Waals surface area contributed by atoms with Crippen molar-refractivity contribution in [3.8, 4) is 17.6 Å². The van der Waals surface area contributed by atoms with Crippen molar-refractivity contribution in [2.45, 2.75) is 13.8 Å². The second-order valence-corrected chi connectivity index (χ2v) is 5.61. The Balaban J connectivity index is 2.42. The van der Waals surface area contributed by atoms with E-state index in [0.29, 0.717) is 16.3 Å². The van der Waals surface area contributed by atoms with Gasteiger partial charge in [0.2, 0.25) is 0 Å². The molecule has 0 aliphatic heterocycles. The maximum Gasteiger partial charge on any atom is 0.133 e. The summed E-state index contributed by atoms with van der Waals surface area (Å²) in [6.07, 6.45) is 0. The van der Waals surface area contributed by atoms with Gasteiger partial charge in [-0.1, -0.05) is 27.5 Å². The lowest BCUT2D eigenvalue weighted by Crippen LogP contribution is -1.92. The first-order valence-electron chi connectivity index (χ1n) is 5.65. The summed E-state index contributed by atoms with van der Waals surface area (Å²) >= 11 is 9.36. The molecule has 0 heterocycles. The highest BCUT2D eigenvalue weighted by Gasteiger charge is 2.08. The topological polar surface area (TPSA) is 33.0 Å². The summed E-state index contributed by atoms with van der Waals surface area (Å²) in [6, 6.07) is 11.1. The summed E-state index contributed by atoms with van der Waals surface area (Å²) in [5.74, 6) is 1.39. The minimum Gasteiger partial charge on any atom is -0.457 e. The van der Waals surface area contributed by atoms with E-state index in [4.69, 9.17) is 21.6 Å². The summed E-state index contributed by atoms with van der Waals surface area (Å²) in [7, 11) is 0. The Bertz CT molecular complexity index is 653. The SMILES string of the molecule is Cc1cc(Cl)cc(C)c1Oc1cc(Br)cc(C#N)c1. The molecule has 2 aromatic rings. The average molecular weight is 337 g/mol. The number of nitrogens with zero attached hydrogens (tertiary/aromatic N) is 1. The molecule has 2 nitrogen and oxygen atoms in total. The Morgan fingerprint density at radius 2 is 1.74 bits per heavy atom. The molecule has 96 valence electrons. The zero-order valence-electron chi connectivity index (χ0n) is 10.5. The molecule has 0 saturated heterocycles. The van der Waals surface area contributed by atoms with Gasteiger partial charge in [-0.2, -0.15) is 5.26 Å². The predicted octanol–water partition coefficient (Wildman–Crippen LogP) is 5.38. The fourth-order valence-corrected chi connectivity index (χ4v) is 2.66. The highest BCUT2D eigenvalue weighted by atomic mass is 79.9. The van der Waals surface area contributed by atoms with Crippen LogP contribution in [0.3, 0.4) is 0 Å². The van der Waals surface area contributed by atoms with Crippen molar-refractivity contribution in [2.75, 3.05) is 0 Å². The van der Waals surface area contributed by atoms with Crippen LogP contribution in [0.4, 0.5) is 0 Å². The molecule has 2 rings (SSSR count). The third-order valence-electron chi connectivity index (χ3n) is 2.65. The van der Waals surface area contributed by atoms with Crippen molar-refractivity contribution in [1.82, 2.24) is 0 Å². The Kier molecular flexibility index (Phi) is 4.14. The molecule has 0 spiro atoms. The van der Waals surface area contributed by atoms with Gasteiger partial charge in [0.05, 0.1) is 11.6 Å². The molecule has 0 saturated carbocycles. The Morgan fingerprint density at radius 1 is 1.11 bits per heavy atom.